The first-order valence-corrected chi connectivity index (χ1v) is 9.33. The summed E-state index contributed by atoms with van der Waals surface area (Å²) >= 11 is 0. The molecule has 0 amide bonds. The van der Waals surface area contributed by atoms with Crippen LogP contribution in [0.25, 0.3) is 0 Å². The fourth-order valence-corrected chi connectivity index (χ4v) is 3.07. The van der Waals surface area contributed by atoms with Gasteiger partial charge in [-0.15, -0.1) is 0 Å². The summed E-state index contributed by atoms with van der Waals surface area (Å²) in [6, 6.07) is 0. The lowest BCUT2D eigenvalue weighted by Crippen LogP contribution is -2.34. The average molecular weight is 308 g/mol. The molecule has 5 nitrogen and oxygen atoms in total. The highest BCUT2D eigenvalue weighted by Gasteiger charge is 2.39. The standard InChI is InChI=1S/C14H29O5P/c1-4-7-9-14(10-8-5-2,13(15)19-6-3)11-12-20(16,17)18/h4-12H2,1-3H3,(H2,16,17,18). The molecular weight excluding hydrogens is 279 g/mol. The van der Waals surface area contributed by atoms with Crippen LogP contribution in [0.2, 0.25) is 0 Å². The predicted octanol–water partition coefficient (Wildman–Crippen LogP) is 3.48. The maximum Gasteiger partial charge on any atom is 0.325 e. The molecule has 0 radical (unpaired) electrons. The Hall–Kier alpha value is -0.380. The molecule has 0 aliphatic carbocycles. The second-order valence-electron chi connectivity index (χ2n) is 5.35. The Balaban J connectivity index is 5.06. The Morgan fingerprint density at radius 1 is 1.05 bits per heavy atom. The number of hydrogen-bond acceptors (Lipinski definition) is 3. The van der Waals surface area contributed by atoms with Crippen LogP contribution < -0.4 is 0 Å². The molecule has 0 aromatic heterocycles. The highest BCUT2D eigenvalue weighted by molar-refractivity contribution is 7.51. The zero-order valence-corrected chi connectivity index (χ0v) is 13.8. The zero-order chi connectivity index (χ0) is 15.6. The van der Waals surface area contributed by atoms with Gasteiger partial charge >= 0.3 is 13.6 Å². The number of carbonyl (C=O) groups is 1. The van der Waals surface area contributed by atoms with Gasteiger partial charge in [-0.2, -0.15) is 0 Å². The van der Waals surface area contributed by atoms with E-state index in [2.05, 4.69) is 0 Å². The van der Waals surface area contributed by atoms with Gasteiger partial charge in [0.25, 0.3) is 0 Å². The summed E-state index contributed by atoms with van der Waals surface area (Å²) < 4.78 is 16.3. The summed E-state index contributed by atoms with van der Waals surface area (Å²) in [6.45, 7) is 6.14. The molecule has 6 heteroatoms. The Morgan fingerprint density at radius 3 is 1.90 bits per heavy atom. The quantitative estimate of drug-likeness (QED) is 0.451. The highest BCUT2D eigenvalue weighted by Crippen LogP contribution is 2.43. The van der Waals surface area contributed by atoms with Gasteiger partial charge in [-0.25, -0.2) is 0 Å². The van der Waals surface area contributed by atoms with Crippen LogP contribution in [0.15, 0.2) is 0 Å². The van der Waals surface area contributed by atoms with Gasteiger partial charge in [0, 0.05) is 0 Å². The average Bonchev–Trinajstić information content (AvgIpc) is 2.37. The molecule has 0 spiro atoms. The van der Waals surface area contributed by atoms with Crippen LogP contribution >= 0.6 is 7.60 Å². The van der Waals surface area contributed by atoms with Crippen molar-refractivity contribution in [3.8, 4) is 0 Å². The SMILES string of the molecule is CCCCC(CCCC)(CCP(=O)(O)O)C(=O)OCC. The van der Waals surface area contributed by atoms with E-state index in [9.17, 15) is 9.36 Å². The fourth-order valence-electron chi connectivity index (χ4n) is 2.36. The molecule has 0 aliphatic heterocycles. The first kappa shape index (κ1) is 19.6. The third-order valence-corrected chi connectivity index (χ3v) is 4.41. The zero-order valence-electron chi connectivity index (χ0n) is 12.9. The van der Waals surface area contributed by atoms with Crippen LogP contribution in [0.3, 0.4) is 0 Å². The normalized spacial score (nSPS) is 12.4. The third kappa shape index (κ3) is 7.41. The molecule has 0 rings (SSSR count). The topological polar surface area (TPSA) is 83.8 Å². The summed E-state index contributed by atoms with van der Waals surface area (Å²) in [6.07, 6.45) is 4.86. The number of esters is 1. The molecule has 0 saturated carbocycles. The first-order chi connectivity index (χ1) is 9.31. The van der Waals surface area contributed by atoms with E-state index in [0.717, 1.165) is 25.7 Å². The molecule has 120 valence electrons. The largest absolute Gasteiger partial charge is 0.466 e. The number of hydrogen-bond donors (Lipinski definition) is 2. The van der Waals surface area contributed by atoms with Gasteiger partial charge in [-0.05, 0) is 26.2 Å². The van der Waals surface area contributed by atoms with Gasteiger partial charge in [0.1, 0.15) is 0 Å². The summed E-state index contributed by atoms with van der Waals surface area (Å²) in [5, 5.41) is 0. The smallest absolute Gasteiger partial charge is 0.325 e. The minimum atomic E-state index is -4.09. The van der Waals surface area contributed by atoms with Crippen LogP contribution in [0.4, 0.5) is 0 Å². The first-order valence-electron chi connectivity index (χ1n) is 7.53. The molecular formula is C14H29O5P. The second-order valence-corrected chi connectivity index (χ2v) is 7.12. The summed E-state index contributed by atoms with van der Waals surface area (Å²) in [4.78, 5) is 30.5. The van der Waals surface area contributed by atoms with Crippen LogP contribution in [0.1, 0.15) is 65.7 Å². The van der Waals surface area contributed by atoms with E-state index in [0.29, 0.717) is 19.4 Å². The molecule has 0 atom stereocenters. The van der Waals surface area contributed by atoms with Crippen molar-refractivity contribution in [2.75, 3.05) is 12.8 Å². The van der Waals surface area contributed by atoms with Crippen LogP contribution in [-0.4, -0.2) is 28.5 Å². The Kier molecular flexibility index (Phi) is 9.36. The van der Waals surface area contributed by atoms with Crippen molar-refractivity contribution in [2.24, 2.45) is 5.41 Å². The van der Waals surface area contributed by atoms with Gasteiger partial charge in [0.15, 0.2) is 0 Å². The molecule has 0 saturated heterocycles. The molecule has 0 unspecified atom stereocenters. The number of ether oxygens (including phenoxy) is 1. The summed E-state index contributed by atoms with van der Waals surface area (Å²) in [5.74, 6) is -0.296. The lowest BCUT2D eigenvalue weighted by Gasteiger charge is -2.31. The maximum absolute atomic E-state index is 12.3. The molecule has 20 heavy (non-hydrogen) atoms. The minimum Gasteiger partial charge on any atom is -0.466 e. The summed E-state index contributed by atoms with van der Waals surface area (Å²) in [7, 11) is -4.09. The van der Waals surface area contributed by atoms with E-state index >= 15 is 0 Å². The van der Waals surface area contributed by atoms with E-state index < -0.39 is 13.0 Å². The minimum absolute atomic E-state index is 0.204. The molecule has 0 aliphatic rings. The van der Waals surface area contributed by atoms with Crippen molar-refractivity contribution in [3.63, 3.8) is 0 Å². The van der Waals surface area contributed by atoms with Crippen molar-refractivity contribution < 1.29 is 23.9 Å². The molecule has 0 bridgehead atoms. The lowest BCUT2D eigenvalue weighted by atomic mass is 9.76. The molecule has 0 aromatic carbocycles. The second kappa shape index (κ2) is 9.54. The van der Waals surface area contributed by atoms with Crippen molar-refractivity contribution in [1.29, 1.82) is 0 Å². The third-order valence-electron chi connectivity index (χ3n) is 3.61. The number of rotatable bonds is 11. The van der Waals surface area contributed by atoms with Gasteiger partial charge in [0.05, 0.1) is 18.2 Å². The van der Waals surface area contributed by atoms with E-state index in [-0.39, 0.29) is 18.6 Å². The van der Waals surface area contributed by atoms with Gasteiger partial charge < -0.3 is 14.5 Å². The van der Waals surface area contributed by atoms with Gasteiger partial charge in [0.2, 0.25) is 0 Å². The predicted molar refractivity (Wildman–Crippen MR) is 79.6 cm³/mol. The Bertz CT molecular complexity index is 316. The Morgan fingerprint density at radius 2 is 1.55 bits per heavy atom. The van der Waals surface area contributed by atoms with Crippen LogP contribution in [-0.2, 0) is 14.1 Å². The lowest BCUT2D eigenvalue weighted by molar-refractivity contribution is -0.157. The number of unbranched alkanes of at least 4 members (excludes halogenated alkanes) is 2. The van der Waals surface area contributed by atoms with Gasteiger partial charge in [-0.3, -0.25) is 9.36 Å². The van der Waals surface area contributed by atoms with Crippen molar-refractivity contribution in [1.82, 2.24) is 0 Å². The van der Waals surface area contributed by atoms with Crippen molar-refractivity contribution in [2.45, 2.75) is 65.7 Å². The number of carbonyl (C=O) groups excluding carboxylic acids is 1. The van der Waals surface area contributed by atoms with E-state index in [1.165, 1.54) is 0 Å². The van der Waals surface area contributed by atoms with Crippen LogP contribution in [0, 0.1) is 5.41 Å². The van der Waals surface area contributed by atoms with Crippen molar-refractivity contribution >= 4 is 13.6 Å². The van der Waals surface area contributed by atoms with E-state index in [1.54, 1.807) is 6.92 Å². The molecule has 0 aromatic rings. The summed E-state index contributed by atoms with van der Waals surface area (Å²) in [5.41, 5.74) is -0.733. The van der Waals surface area contributed by atoms with E-state index in [1.807, 2.05) is 13.8 Å². The Labute approximate surface area is 122 Å². The molecule has 2 N–H and O–H groups in total. The van der Waals surface area contributed by atoms with Crippen molar-refractivity contribution in [3.05, 3.63) is 0 Å². The van der Waals surface area contributed by atoms with Gasteiger partial charge in [-0.1, -0.05) is 39.5 Å². The monoisotopic (exact) mass is 308 g/mol. The molecule has 0 fully saturated rings. The van der Waals surface area contributed by atoms with Crippen LogP contribution in [0.5, 0.6) is 0 Å². The molecule has 0 heterocycles. The fraction of sp³-hybridized carbons (Fsp3) is 0.929. The van der Waals surface area contributed by atoms with E-state index in [4.69, 9.17) is 14.5 Å². The maximum atomic E-state index is 12.3. The highest BCUT2D eigenvalue weighted by atomic mass is 31.2.